The van der Waals surface area contributed by atoms with Crippen LogP contribution in [0.2, 0.25) is 0 Å². The quantitative estimate of drug-likeness (QED) is 0.864. The van der Waals surface area contributed by atoms with Crippen molar-refractivity contribution < 1.29 is 13.2 Å². The molecule has 1 saturated carbocycles. The van der Waals surface area contributed by atoms with Gasteiger partial charge in [0, 0.05) is 33.3 Å². The molecule has 0 saturated heterocycles. The maximum atomic E-state index is 12.3. The molecule has 23 heavy (non-hydrogen) atoms. The van der Waals surface area contributed by atoms with Crippen LogP contribution in [0.4, 0.5) is 0 Å². The summed E-state index contributed by atoms with van der Waals surface area (Å²) in [4.78, 5) is 0.344. The highest BCUT2D eigenvalue weighted by Gasteiger charge is 2.23. The summed E-state index contributed by atoms with van der Waals surface area (Å²) in [5.41, 5.74) is 1.00. The molecule has 1 aromatic carbocycles. The number of rotatable bonds is 6. The van der Waals surface area contributed by atoms with Gasteiger partial charge in [-0.15, -0.1) is 0 Å². The molecule has 0 radical (unpaired) electrons. The first-order valence-electron chi connectivity index (χ1n) is 8.16. The van der Waals surface area contributed by atoms with Crippen molar-refractivity contribution in [1.82, 2.24) is 9.62 Å². The average molecular weight is 340 g/mol. The van der Waals surface area contributed by atoms with Gasteiger partial charge in [0.1, 0.15) is 0 Å². The molecule has 0 aromatic heterocycles. The van der Waals surface area contributed by atoms with Crippen molar-refractivity contribution in [3.05, 3.63) is 29.8 Å². The molecule has 0 bridgehead atoms. The first-order chi connectivity index (χ1) is 10.8. The van der Waals surface area contributed by atoms with Crippen LogP contribution in [0.1, 0.15) is 44.2 Å². The largest absolute Gasteiger partial charge is 0.381 e. The molecule has 1 atom stereocenters. The molecule has 1 aliphatic carbocycles. The van der Waals surface area contributed by atoms with Gasteiger partial charge in [-0.3, -0.25) is 0 Å². The van der Waals surface area contributed by atoms with E-state index in [4.69, 9.17) is 4.74 Å². The lowest BCUT2D eigenvalue weighted by molar-refractivity contribution is 0.0614. The SMILES string of the molecule is COC1CCC(NC(C)c2cccc(S(=O)(=O)N(C)C)c2)CC1. The molecule has 6 heteroatoms. The number of hydrogen-bond acceptors (Lipinski definition) is 4. The molecule has 1 aliphatic rings. The zero-order valence-corrected chi connectivity index (χ0v) is 15.3. The Morgan fingerprint density at radius 2 is 1.87 bits per heavy atom. The summed E-state index contributed by atoms with van der Waals surface area (Å²) in [5, 5.41) is 3.62. The van der Waals surface area contributed by atoms with Crippen LogP contribution in [0.5, 0.6) is 0 Å². The van der Waals surface area contributed by atoms with E-state index in [1.54, 1.807) is 33.3 Å². The van der Waals surface area contributed by atoms with Gasteiger partial charge in [0.05, 0.1) is 11.0 Å². The van der Waals surface area contributed by atoms with E-state index in [-0.39, 0.29) is 6.04 Å². The molecule has 1 N–H and O–H groups in total. The first-order valence-corrected chi connectivity index (χ1v) is 9.60. The summed E-state index contributed by atoms with van der Waals surface area (Å²) in [6, 6.07) is 7.80. The molecular weight excluding hydrogens is 312 g/mol. The number of ether oxygens (including phenoxy) is 1. The molecule has 0 aliphatic heterocycles. The monoisotopic (exact) mass is 340 g/mol. The highest BCUT2D eigenvalue weighted by atomic mass is 32.2. The Labute approximate surface area is 140 Å². The van der Waals surface area contributed by atoms with Crippen molar-refractivity contribution >= 4 is 10.0 Å². The van der Waals surface area contributed by atoms with Crippen molar-refractivity contribution in [2.24, 2.45) is 0 Å². The van der Waals surface area contributed by atoms with E-state index < -0.39 is 10.0 Å². The molecule has 5 nitrogen and oxygen atoms in total. The Bertz CT molecular complexity index is 608. The fourth-order valence-corrected chi connectivity index (χ4v) is 4.03. The van der Waals surface area contributed by atoms with Gasteiger partial charge in [-0.2, -0.15) is 0 Å². The number of sulfonamides is 1. The zero-order valence-electron chi connectivity index (χ0n) is 14.5. The van der Waals surface area contributed by atoms with Crippen molar-refractivity contribution in [3.63, 3.8) is 0 Å². The predicted molar refractivity (Wildman–Crippen MR) is 91.9 cm³/mol. The highest BCUT2D eigenvalue weighted by Crippen LogP contribution is 2.24. The van der Waals surface area contributed by atoms with Crippen LogP contribution in [0, 0.1) is 0 Å². The molecule has 0 amide bonds. The molecule has 2 rings (SSSR count). The molecule has 130 valence electrons. The lowest BCUT2D eigenvalue weighted by Crippen LogP contribution is -2.36. The number of nitrogens with zero attached hydrogens (tertiary/aromatic N) is 1. The maximum Gasteiger partial charge on any atom is 0.242 e. The summed E-state index contributed by atoms with van der Waals surface area (Å²) in [6.07, 6.45) is 4.74. The van der Waals surface area contributed by atoms with Crippen molar-refractivity contribution in [1.29, 1.82) is 0 Å². The Balaban J connectivity index is 2.04. The molecule has 1 fully saturated rings. The minimum absolute atomic E-state index is 0.122. The average Bonchev–Trinajstić information content (AvgIpc) is 2.55. The summed E-state index contributed by atoms with van der Waals surface area (Å²) >= 11 is 0. The first kappa shape index (κ1) is 18.4. The number of nitrogens with one attached hydrogen (secondary N) is 1. The standard InChI is InChI=1S/C17H28N2O3S/c1-13(18-15-8-10-16(22-4)11-9-15)14-6-5-7-17(12-14)23(20,21)19(2)3/h5-7,12-13,15-16,18H,8-11H2,1-4H3. The van der Waals surface area contributed by atoms with E-state index in [1.807, 2.05) is 12.1 Å². The van der Waals surface area contributed by atoms with Crippen LogP contribution < -0.4 is 5.32 Å². The van der Waals surface area contributed by atoms with Gasteiger partial charge in [0.25, 0.3) is 0 Å². The van der Waals surface area contributed by atoms with Gasteiger partial charge >= 0.3 is 0 Å². The minimum atomic E-state index is -3.39. The smallest absolute Gasteiger partial charge is 0.242 e. The Kier molecular flexibility index (Phi) is 6.19. The Hall–Kier alpha value is -0.950. The fourth-order valence-electron chi connectivity index (χ4n) is 3.07. The second-order valence-corrected chi connectivity index (χ2v) is 8.61. The summed E-state index contributed by atoms with van der Waals surface area (Å²) in [6.45, 7) is 2.09. The van der Waals surface area contributed by atoms with Gasteiger partial charge in [-0.1, -0.05) is 12.1 Å². The topological polar surface area (TPSA) is 58.6 Å². The predicted octanol–water partition coefficient (Wildman–Crippen LogP) is 2.55. The second kappa shape index (κ2) is 7.75. The third-order valence-electron chi connectivity index (χ3n) is 4.63. The van der Waals surface area contributed by atoms with Gasteiger partial charge < -0.3 is 10.1 Å². The number of hydrogen-bond donors (Lipinski definition) is 1. The maximum absolute atomic E-state index is 12.3. The van der Waals surface area contributed by atoms with Gasteiger partial charge in [0.15, 0.2) is 0 Å². The van der Waals surface area contributed by atoms with Gasteiger partial charge in [-0.05, 0) is 50.3 Å². The molecule has 0 heterocycles. The normalized spacial score (nSPS) is 23.9. The van der Waals surface area contributed by atoms with Crippen LogP contribution in [0.15, 0.2) is 29.2 Å². The van der Waals surface area contributed by atoms with Crippen LogP contribution >= 0.6 is 0 Å². The third-order valence-corrected chi connectivity index (χ3v) is 6.44. The van der Waals surface area contributed by atoms with Crippen molar-refractivity contribution in [2.75, 3.05) is 21.2 Å². The molecule has 1 aromatic rings. The second-order valence-electron chi connectivity index (χ2n) is 6.46. The van der Waals surface area contributed by atoms with E-state index in [0.717, 1.165) is 31.2 Å². The van der Waals surface area contributed by atoms with E-state index >= 15 is 0 Å². The lowest BCUT2D eigenvalue weighted by atomic mass is 9.92. The number of benzene rings is 1. The van der Waals surface area contributed by atoms with Crippen LogP contribution in [-0.4, -0.2) is 46.1 Å². The minimum Gasteiger partial charge on any atom is -0.381 e. The van der Waals surface area contributed by atoms with Crippen LogP contribution in [0.25, 0.3) is 0 Å². The number of methoxy groups -OCH3 is 1. The lowest BCUT2D eigenvalue weighted by Gasteiger charge is -2.30. The molecular formula is C17H28N2O3S. The summed E-state index contributed by atoms with van der Waals surface area (Å²) < 4.78 is 31.2. The van der Waals surface area contributed by atoms with Crippen molar-refractivity contribution in [3.8, 4) is 0 Å². The zero-order chi connectivity index (χ0) is 17.0. The third kappa shape index (κ3) is 4.53. The van der Waals surface area contributed by atoms with E-state index in [2.05, 4.69) is 12.2 Å². The van der Waals surface area contributed by atoms with E-state index in [0.29, 0.717) is 17.0 Å². The van der Waals surface area contributed by atoms with Crippen molar-refractivity contribution in [2.45, 2.75) is 55.7 Å². The summed E-state index contributed by atoms with van der Waals surface area (Å²) in [7, 11) is 1.49. The molecule has 1 unspecified atom stereocenters. The highest BCUT2D eigenvalue weighted by molar-refractivity contribution is 7.89. The molecule has 0 spiro atoms. The van der Waals surface area contributed by atoms with Crippen LogP contribution in [-0.2, 0) is 14.8 Å². The Morgan fingerprint density at radius 1 is 1.22 bits per heavy atom. The van der Waals surface area contributed by atoms with E-state index in [9.17, 15) is 8.42 Å². The summed E-state index contributed by atoms with van der Waals surface area (Å²) in [5.74, 6) is 0. The van der Waals surface area contributed by atoms with E-state index in [1.165, 1.54) is 4.31 Å². The fraction of sp³-hybridized carbons (Fsp3) is 0.647. The van der Waals surface area contributed by atoms with Gasteiger partial charge in [-0.25, -0.2) is 12.7 Å². The Morgan fingerprint density at radius 3 is 2.43 bits per heavy atom. The van der Waals surface area contributed by atoms with Gasteiger partial charge in [0.2, 0.25) is 10.0 Å². The van der Waals surface area contributed by atoms with Crippen LogP contribution in [0.3, 0.4) is 0 Å².